The van der Waals surface area contributed by atoms with Gasteiger partial charge >= 0.3 is 0 Å². The van der Waals surface area contributed by atoms with Gasteiger partial charge in [0.05, 0.1) is 19.8 Å². The number of carbonyl (C=O) groups is 3. The minimum atomic E-state index is -0.195. The Hall–Kier alpha value is -3.39. The third-order valence-corrected chi connectivity index (χ3v) is 4.54. The van der Waals surface area contributed by atoms with Crippen LogP contribution in [0.1, 0.15) is 37.6 Å². The first-order valence-corrected chi connectivity index (χ1v) is 10.6. The van der Waals surface area contributed by atoms with E-state index in [1.807, 2.05) is 13.8 Å². The van der Waals surface area contributed by atoms with Gasteiger partial charge in [-0.1, -0.05) is 0 Å². The average molecular weight is 442 g/mol. The van der Waals surface area contributed by atoms with Crippen LogP contribution >= 0.6 is 0 Å². The van der Waals surface area contributed by atoms with Crippen LogP contribution in [0, 0.1) is 0 Å². The third kappa shape index (κ3) is 8.03. The first kappa shape index (κ1) is 24.9. The lowest BCUT2D eigenvalue weighted by molar-refractivity contribution is -0.119. The maximum atomic E-state index is 12.4. The van der Waals surface area contributed by atoms with E-state index in [-0.39, 0.29) is 30.6 Å². The Kier molecular flexibility index (Phi) is 9.69. The summed E-state index contributed by atoms with van der Waals surface area (Å²) >= 11 is 0. The summed E-state index contributed by atoms with van der Waals surface area (Å²) in [5, 5.41) is 5.63. The van der Waals surface area contributed by atoms with Crippen molar-refractivity contribution in [3.8, 4) is 11.5 Å². The summed E-state index contributed by atoms with van der Waals surface area (Å²) in [6, 6.07) is 12.0. The zero-order valence-electron chi connectivity index (χ0n) is 19.1. The fourth-order valence-electron chi connectivity index (χ4n) is 2.96. The van der Waals surface area contributed by atoms with Crippen molar-refractivity contribution in [1.82, 2.24) is 4.90 Å². The van der Waals surface area contributed by atoms with E-state index in [0.717, 1.165) is 0 Å². The molecule has 0 aliphatic rings. The summed E-state index contributed by atoms with van der Waals surface area (Å²) in [6.45, 7) is 6.83. The second kappa shape index (κ2) is 12.5. The van der Waals surface area contributed by atoms with Crippen molar-refractivity contribution in [2.75, 3.05) is 44.0 Å². The van der Waals surface area contributed by atoms with Gasteiger partial charge in [0.1, 0.15) is 0 Å². The Morgan fingerprint density at radius 2 is 1.44 bits per heavy atom. The molecule has 2 N–H and O–H groups in total. The number of Topliss-reactive ketones (excluding diaryl/α,β-unsaturated/α-hetero) is 1. The van der Waals surface area contributed by atoms with Gasteiger partial charge in [-0.25, -0.2) is 0 Å². The van der Waals surface area contributed by atoms with Gasteiger partial charge in [0.15, 0.2) is 17.3 Å². The number of ketones is 1. The van der Waals surface area contributed by atoms with E-state index in [0.29, 0.717) is 48.2 Å². The molecule has 2 rings (SSSR count). The number of amides is 2. The molecule has 0 saturated carbocycles. The monoisotopic (exact) mass is 441 g/mol. The molecule has 0 spiro atoms. The average Bonchev–Trinajstić information content (AvgIpc) is 2.75. The van der Waals surface area contributed by atoms with Crippen LogP contribution in [-0.2, 0) is 9.59 Å². The van der Waals surface area contributed by atoms with Crippen LogP contribution in [-0.4, -0.2) is 55.8 Å². The van der Waals surface area contributed by atoms with Gasteiger partial charge in [0.25, 0.3) is 0 Å². The normalized spacial score (nSPS) is 10.5. The number of nitrogens with one attached hydrogen (secondary N) is 2. The minimum Gasteiger partial charge on any atom is -0.490 e. The fourth-order valence-corrected chi connectivity index (χ4v) is 2.96. The molecule has 0 aliphatic carbocycles. The number of rotatable bonds is 12. The molecule has 8 heteroatoms. The first-order valence-electron chi connectivity index (χ1n) is 10.6. The van der Waals surface area contributed by atoms with Gasteiger partial charge in [-0.05, 0) is 64.2 Å². The molecule has 0 aliphatic heterocycles. The van der Waals surface area contributed by atoms with Crippen molar-refractivity contribution in [3.63, 3.8) is 0 Å². The van der Waals surface area contributed by atoms with E-state index in [4.69, 9.17) is 9.47 Å². The molecule has 0 radical (unpaired) electrons. The number of likely N-dealkylation sites (N-methyl/N-ethyl adjacent to an activating group) is 1. The fraction of sp³-hybridized carbons (Fsp3) is 0.375. The number of ether oxygens (including phenoxy) is 2. The lowest BCUT2D eigenvalue weighted by Crippen LogP contribution is -2.32. The largest absolute Gasteiger partial charge is 0.490 e. The molecule has 2 aromatic carbocycles. The zero-order chi connectivity index (χ0) is 23.5. The van der Waals surface area contributed by atoms with E-state index in [1.54, 1.807) is 54.4 Å². The number of benzene rings is 2. The standard InChI is InChI=1S/C24H31N3O5/c1-5-31-21-12-11-20(15-22(21)32-6-2)26-24(30)16-27(4)14-13-23(29)25-19-9-7-18(8-10-19)17(3)28/h7-12,15H,5-6,13-14,16H2,1-4H3,(H,25,29)(H,26,30). The molecular formula is C24H31N3O5. The molecule has 0 saturated heterocycles. The number of nitrogens with zero attached hydrogens (tertiary/aromatic N) is 1. The van der Waals surface area contributed by atoms with E-state index < -0.39 is 0 Å². The second-order valence-corrected chi connectivity index (χ2v) is 7.25. The van der Waals surface area contributed by atoms with Crippen molar-refractivity contribution in [1.29, 1.82) is 0 Å². The molecule has 0 bridgehead atoms. The Bertz CT molecular complexity index is 928. The molecule has 0 aromatic heterocycles. The smallest absolute Gasteiger partial charge is 0.238 e. The SMILES string of the molecule is CCOc1ccc(NC(=O)CN(C)CCC(=O)Nc2ccc(C(C)=O)cc2)cc1OCC. The maximum absolute atomic E-state index is 12.4. The van der Waals surface area contributed by atoms with Gasteiger partial charge in [-0.2, -0.15) is 0 Å². The Morgan fingerprint density at radius 1 is 0.844 bits per heavy atom. The summed E-state index contributed by atoms with van der Waals surface area (Å²) in [5.74, 6) is 0.821. The van der Waals surface area contributed by atoms with Crippen LogP contribution in [0.3, 0.4) is 0 Å². The molecule has 0 heterocycles. The first-order chi connectivity index (χ1) is 15.3. The van der Waals surface area contributed by atoms with Gasteiger partial charge in [0.2, 0.25) is 11.8 Å². The highest BCUT2D eigenvalue weighted by Gasteiger charge is 2.12. The Labute approximate surface area is 188 Å². The van der Waals surface area contributed by atoms with E-state index >= 15 is 0 Å². The summed E-state index contributed by atoms with van der Waals surface area (Å²) in [5.41, 5.74) is 1.83. The minimum absolute atomic E-state index is 0.0258. The molecule has 0 atom stereocenters. The topological polar surface area (TPSA) is 97.0 Å². The Morgan fingerprint density at radius 3 is 2.06 bits per heavy atom. The number of carbonyl (C=O) groups excluding carboxylic acids is 3. The van der Waals surface area contributed by atoms with Crippen LogP contribution in [0.25, 0.3) is 0 Å². The number of hydrogen-bond donors (Lipinski definition) is 2. The van der Waals surface area contributed by atoms with Crippen molar-refractivity contribution >= 4 is 29.0 Å². The van der Waals surface area contributed by atoms with Crippen LogP contribution in [0.2, 0.25) is 0 Å². The molecule has 32 heavy (non-hydrogen) atoms. The van der Waals surface area contributed by atoms with Gasteiger partial charge in [-0.15, -0.1) is 0 Å². The van der Waals surface area contributed by atoms with Gasteiger partial charge in [-0.3, -0.25) is 19.3 Å². The van der Waals surface area contributed by atoms with Gasteiger partial charge in [0, 0.05) is 36.0 Å². The number of anilines is 2. The molecule has 172 valence electrons. The van der Waals surface area contributed by atoms with Crippen molar-refractivity contribution in [2.24, 2.45) is 0 Å². The van der Waals surface area contributed by atoms with Crippen molar-refractivity contribution in [3.05, 3.63) is 48.0 Å². The quantitative estimate of drug-likeness (QED) is 0.489. The van der Waals surface area contributed by atoms with Gasteiger partial charge < -0.3 is 20.1 Å². The summed E-state index contributed by atoms with van der Waals surface area (Å²) in [7, 11) is 1.78. The lowest BCUT2D eigenvalue weighted by Gasteiger charge is -2.17. The summed E-state index contributed by atoms with van der Waals surface area (Å²) < 4.78 is 11.1. The van der Waals surface area contributed by atoms with Crippen LogP contribution in [0.5, 0.6) is 11.5 Å². The third-order valence-electron chi connectivity index (χ3n) is 4.54. The lowest BCUT2D eigenvalue weighted by atomic mass is 10.1. The Balaban J connectivity index is 1.80. The molecule has 8 nitrogen and oxygen atoms in total. The second-order valence-electron chi connectivity index (χ2n) is 7.25. The van der Waals surface area contributed by atoms with Crippen molar-refractivity contribution in [2.45, 2.75) is 27.2 Å². The number of hydrogen-bond acceptors (Lipinski definition) is 6. The molecular weight excluding hydrogens is 410 g/mol. The van der Waals surface area contributed by atoms with Crippen LogP contribution in [0.4, 0.5) is 11.4 Å². The maximum Gasteiger partial charge on any atom is 0.238 e. The van der Waals surface area contributed by atoms with Crippen LogP contribution in [0.15, 0.2) is 42.5 Å². The van der Waals surface area contributed by atoms with E-state index in [1.165, 1.54) is 6.92 Å². The molecule has 2 amide bonds. The molecule has 0 fully saturated rings. The zero-order valence-corrected chi connectivity index (χ0v) is 19.1. The van der Waals surface area contributed by atoms with Crippen LogP contribution < -0.4 is 20.1 Å². The highest BCUT2D eigenvalue weighted by atomic mass is 16.5. The van der Waals surface area contributed by atoms with E-state index in [9.17, 15) is 14.4 Å². The predicted octanol–water partition coefficient (Wildman–Crippen LogP) is 3.59. The molecule has 0 unspecified atom stereocenters. The summed E-state index contributed by atoms with van der Waals surface area (Å²) in [4.78, 5) is 37.6. The predicted molar refractivity (Wildman–Crippen MR) is 125 cm³/mol. The molecule has 2 aromatic rings. The van der Waals surface area contributed by atoms with E-state index in [2.05, 4.69) is 10.6 Å². The van der Waals surface area contributed by atoms with Crippen molar-refractivity contribution < 1.29 is 23.9 Å². The highest BCUT2D eigenvalue weighted by Crippen LogP contribution is 2.30. The highest BCUT2D eigenvalue weighted by molar-refractivity contribution is 5.96. The summed E-state index contributed by atoms with van der Waals surface area (Å²) in [6.07, 6.45) is 0.232.